The van der Waals surface area contributed by atoms with Crippen molar-refractivity contribution in [2.75, 3.05) is 6.54 Å². The number of nitrogens with one attached hydrogen (secondary N) is 1. The van der Waals surface area contributed by atoms with Crippen LogP contribution in [0.3, 0.4) is 0 Å². The minimum absolute atomic E-state index is 0.252. The third-order valence-electron chi connectivity index (χ3n) is 3.20. The van der Waals surface area contributed by atoms with Crippen LogP contribution in [0.25, 0.3) is 0 Å². The molecule has 1 aromatic rings. The van der Waals surface area contributed by atoms with Gasteiger partial charge < -0.3 is 10.1 Å². The van der Waals surface area contributed by atoms with Gasteiger partial charge in [-0.3, -0.25) is 0 Å². The largest absolute Gasteiger partial charge is 0.487 e. The highest BCUT2D eigenvalue weighted by molar-refractivity contribution is 9.11. The van der Waals surface area contributed by atoms with Crippen molar-refractivity contribution in [2.45, 2.75) is 45.3 Å². The van der Waals surface area contributed by atoms with Crippen LogP contribution in [0.5, 0.6) is 5.75 Å². The second-order valence-corrected chi connectivity index (χ2v) is 6.45. The Balaban J connectivity index is 2.29. The minimum Gasteiger partial charge on any atom is -0.487 e. The van der Waals surface area contributed by atoms with Gasteiger partial charge in [-0.15, -0.1) is 0 Å². The molecule has 1 N–H and O–H groups in total. The summed E-state index contributed by atoms with van der Waals surface area (Å²) in [5.41, 5.74) is 1.27. The summed E-state index contributed by atoms with van der Waals surface area (Å²) in [6.45, 7) is 5.42. The molecule has 2 rings (SSSR count). The number of halogens is 2. The third kappa shape index (κ3) is 2.91. The SMILES string of the molecule is CCCNC1c2cc(Br)cc(Br)c2OC1CCC. The monoisotopic (exact) mass is 375 g/mol. The Labute approximate surface area is 126 Å². The highest BCUT2D eigenvalue weighted by Gasteiger charge is 2.34. The number of benzene rings is 1. The normalized spacial score (nSPS) is 21.8. The molecule has 1 aliphatic heterocycles. The molecule has 0 fully saturated rings. The summed E-state index contributed by atoms with van der Waals surface area (Å²) in [6, 6.07) is 4.53. The average molecular weight is 377 g/mol. The second kappa shape index (κ2) is 6.40. The van der Waals surface area contributed by atoms with Gasteiger partial charge in [0.25, 0.3) is 0 Å². The zero-order valence-electron chi connectivity index (χ0n) is 10.8. The van der Waals surface area contributed by atoms with Crippen LogP contribution in [-0.4, -0.2) is 12.6 Å². The summed E-state index contributed by atoms with van der Waals surface area (Å²) >= 11 is 7.15. The highest BCUT2D eigenvalue weighted by Crippen LogP contribution is 2.44. The second-order valence-electron chi connectivity index (χ2n) is 4.68. The zero-order valence-corrected chi connectivity index (χ0v) is 14.0. The fraction of sp³-hybridized carbons (Fsp3) is 0.571. The van der Waals surface area contributed by atoms with E-state index >= 15 is 0 Å². The first kappa shape index (κ1) is 14.4. The van der Waals surface area contributed by atoms with Crippen LogP contribution in [0.15, 0.2) is 21.1 Å². The van der Waals surface area contributed by atoms with Gasteiger partial charge in [0, 0.05) is 10.0 Å². The van der Waals surface area contributed by atoms with Gasteiger partial charge in [0.2, 0.25) is 0 Å². The fourth-order valence-corrected chi connectivity index (χ4v) is 3.76. The number of rotatable bonds is 5. The molecule has 2 unspecified atom stereocenters. The molecule has 1 aromatic carbocycles. The molecular weight excluding hydrogens is 358 g/mol. The van der Waals surface area contributed by atoms with Crippen molar-refractivity contribution in [2.24, 2.45) is 0 Å². The fourth-order valence-electron chi connectivity index (χ4n) is 2.41. The molecule has 0 saturated carbocycles. The van der Waals surface area contributed by atoms with E-state index in [9.17, 15) is 0 Å². The molecule has 1 aliphatic rings. The van der Waals surface area contributed by atoms with Gasteiger partial charge in [-0.25, -0.2) is 0 Å². The summed E-state index contributed by atoms with van der Waals surface area (Å²) in [7, 11) is 0. The van der Waals surface area contributed by atoms with Gasteiger partial charge >= 0.3 is 0 Å². The van der Waals surface area contributed by atoms with E-state index < -0.39 is 0 Å². The maximum Gasteiger partial charge on any atom is 0.138 e. The van der Waals surface area contributed by atoms with E-state index in [1.807, 2.05) is 6.07 Å². The number of ether oxygens (including phenoxy) is 1. The van der Waals surface area contributed by atoms with Crippen molar-refractivity contribution in [1.29, 1.82) is 0 Å². The molecule has 2 nitrogen and oxygen atoms in total. The summed E-state index contributed by atoms with van der Waals surface area (Å²) in [5.74, 6) is 1.00. The van der Waals surface area contributed by atoms with Crippen LogP contribution in [0, 0.1) is 0 Å². The molecule has 0 bridgehead atoms. The van der Waals surface area contributed by atoms with Crippen LogP contribution >= 0.6 is 31.9 Å². The van der Waals surface area contributed by atoms with Gasteiger partial charge in [-0.05, 0) is 47.4 Å². The van der Waals surface area contributed by atoms with Crippen LogP contribution in [0.4, 0.5) is 0 Å². The smallest absolute Gasteiger partial charge is 0.138 e. The Morgan fingerprint density at radius 3 is 2.67 bits per heavy atom. The van der Waals surface area contributed by atoms with Gasteiger partial charge in [0.1, 0.15) is 11.9 Å². The predicted molar refractivity (Wildman–Crippen MR) is 82.2 cm³/mol. The minimum atomic E-state index is 0.252. The van der Waals surface area contributed by atoms with Gasteiger partial charge in [0.15, 0.2) is 0 Å². The zero-order chi connectivity index (χ0) is 13.1. The molecule has 1 heterocycles. The molecule has 2 atom stereocenters. The molecule has 18 heavy (non-hydrogen) atoms. The van der Waals surface area contributed by atoms with Crippen molar-refractivity contribution in [1.82, 2.24) is 5.32 Å². The van der Waals surface area contributed by atoms with Crippen molar-refractivity contribution >= 4 is 31.9 Å². The maximum atomic E-state index is 6.11. The van der Waals surface area contributed by atoms with Crippen LogP contribution in [-0.2, 0) is 0 Å². The van der Waals surface area contributed by atoms with Crippen molar-refractivity contribution in [3.8, 4) is 5.75 Å². The van der Waals surface area contributed by atoms with Crippen molar-refractivity contribution < 1.29 is 4.74 Å². The van der Waals surface area contributed by atoms with Crippen LogP contribution in [0.2, 0.25) is 0 Å². The van der Waals surface area contributed by atoms with E-state index in [2.05, 4.69) is 57.1 Å². The Morgan fingerprint density at radius 1 is 1.22 bits per heavy atom. The first-order valence-corrected chi connectivity index (χ1v) is 8.15. The van der Waals surface area contributed by atoms with E-state index in [4.69, 9.17) is 4.74 Å². The first-order chi connectivity index (χ1) is 8.67. The van der Waals surface area contributed by atoms with E-state index in [1.54, 1.807) is 0 Å². The quantitative estimate of drug-likeness (QED) is 0.795. The lowest BCUT2D eigenvalue weighted by atomic mass is 10.0. The van der Waals surface area contributed by atoms with Crippen LogP contribution in [0.1, 0.15) is 44.7 Å². The maximum absolute atomic E-state index is 6.11. The topological polar surface area (TPSA) is 21.3 Å². The third-order valence-corrected chi connectivity index (χ3v) is 4.25. The lowest BCUT2D eigenvalue weighted by Gasteiger charge is -2.19. The van der Waals surface area contributed by atoms with E-state index in [0.717, 1.165) is 40.5 Å². The Bertz CT molecular complexity index is 423. The molecule has 0 saturated heterocycles. The summed E-state index contributed by atoms with van der Waals surface area (Å²) in [4.78, 5) is 0. The Kier molecular flexibility index (Phi) is 5.10. The molecule has 0 spiro atoms. The molecule has 100 valence electrons. The van der Waals surface area contributed by atoms with Crippen molar-refractivity contribution in [3.63, 3.8) is 0 Å². The molecule has 0 radical (unpaired) electrons. The molecule has 0 aromatic heterocycles. The van der Waals surface area contributed by atoms with E-state index in [0.29, 0.717) is 6.04 Å². The average Bonchev–Trinajstić information content (AvgIpc) is 2.65. The van der Waals surface area contributed by atoms with Gasteiger partial charge in [-0.1, -0.05) is 36.2 Å². The van der Waals surface area contributed by atoms with E-state index in [1.165, 1.54) is 5.56 Å². The molecule has 0 amide bonds. The number of hydrogen-bond acceptors (Lipinski definition) is 2. The standard InChI is InChI=1S/C14H19Br2NO/c1-3-5-12-13(17-6-4-2)10-7-9(15)8-11(16)14(10)18-12/h7-8,12-13,17H,3-6H2,1-2H3. The molecule has 0 aliphatic carbocycles. The summed E-state index contributed by atoms with van der Waals surface area (Å²) in [5, 5.41) is 3.61. The highest BCUT2D eigenvalue weighted by atomic mass is 79.9. The summed E-state index contributed by atoms with van der Waals surface area (Å²) < 4.78 is 8.24. The summed E-state index contributed by atoms with van der Waals surface area (Å²) in [6.07, 6.45) is 3.61. The Morgan fingerprint density at radius 2 is 2.00 bits per heavy atom. The van der Waals surface area contributed by atoms with Gasteiger partial charge in [-0.2, -0.15) is 0 Å². The van der Waals surface area contributed by atoms with E-state index in [-0.39, 0.29) is 6.10 Å². The van der Waals surface area contributed by atoms with Crippen LogP contribution < -0.4 is 10.1 Å². The lowest BCUT2D eigenvalue weighted by Crippen LogP contribution is -2.31. The first-order valence-electron chi connectivity index (χ1n) is 6.56. The molecular formula is C14H19Br2NO. The lowest BCUT2D eigenvalue weighted by molar-refractivity contribution is 0.177. The van der Waals surface area contributed by atoms with Gasteiger partial charge in [0.05, 0.1) is 10.5 Å². The predicted octanol–water partition coefficient (Wildman–Crippen LogP) is 4.81. The molecule has 4 heteroatoms. The number of fused-ring (bicyclic) bond motifs is 1. The van der Waals surface area contributed by atoms with Crippen molar-refractivity contribution in [3.05, 3.63) is 26.6 Å². The number of hydrogen-bond donors (Lipinski definition) is 1. The Hall–Kier alpha value is -0.0600.